The van der Waals surface area contributed by atoms with Gasteiger partial charge in [0.2, 0.25) is 0 Å². The van der Waals surface area contributed by atoms with E-state index in [1.54, 1.807) is 0 Å². The molecule has 0 spiro atoms. The summed E-state index contributed by atoms with van der Waals surface area (Å²) in [7, 11) is 0. The monoisotopic (exact) mass is 186 g/mol. The van der Waals surface area contributed by atoms with Crippen molar-refractivity contribution in [2.45, 2.75) is 40.0 Å². The second-order valence-corrected chi connectivity index (χ2v) is 4.01. The molecule has 0 nitrogen and oxygen atoms in total. The van der Waals surface area contributed by atoms with Gasteiger partial charge in [-0.05, 0) is 30.9 Å². The second kappa shape index (κ2) is 4.86. The van der Waals surface area contributed by atoms with Crippen LogP contribution in [0.25, 0.3) is 0 Å². The van der Waals surface area contributed by atoms with Crippen LogP contribution in [0.1, 0.15) is 43.4 Å². The summed E-state index contributed by atoms with van der Waals surface area (Å²) in [5, 5.41) is 0. The molecule has 14 heavy (non-hydrogen) atoms. The Morgan fingerprint density at radius 3 is 2.50 bits per heavy atom. The largest absolute Gasteiger partial charge is 0.106 e. The zero-order chi connectivity index (χ0) is 10.6. The van der Waals surface area contributed by atoms with E-state index in [2.05, 4.69) is 50.8 Å². The Hall–Kier alpha value is -1.22. The summed E-state index contributed by atoms with van der Waals surface area (Å²) in [4.78, 5) is 0. The molecule has 1 aromatic rings. The number of aryl methyl sites for hydroxylation is 1. The first-order valence-corrected chi connectivity index (χ1v) is 5.13. The topological polar surface area (TPSA) is 0 Å². The Kier molecular flexibility index (Phi) is 3.77. The Balaban J connectivity index is 2.98. The molecule has 0 saturated carbocycles. The van der Waals surface area contributed by atoms with E-state index in [1.165, 1.54) is 16.7 Å². The van der Waals surface area contributed by atoms with Crippen LogP contribution in [0.5, 0.6) is 0 Å². The molecule has 0 radical (unpaired) electrons. The summed E-state index contributed by atoms with van der Waals surface area (Å²) in [6.45, 7) is 8.49. The molecule has 0 N–H and O–H groups in total. The van der Waals surface area contributed by atoms with Crippen LogP contribution >= 0.6 is 0 Å². The summed E-state index contributed by atoms with van der Waals surface area (Å²) in [6, 6.07) is 6.74. The van der Waals surface area contributed by atoms with Gasteiger partial charge < -0.3 is 0 Å². The summed E-state index contributed by atoms with van der Waals surface area (Å²) in [5.41, 5.74) is 4.09. The molecule has 1 aromatic carbocycles. The highest BCUT2D eigenvalue weighted by Gasteiger charge is 2.01. The molecule has 1 rings (SSSR count). The van der Waals surface area contributed by atoms with Crippen LogP contribution in [0.15, 0.2) is 18.2 Å². The third-order valence-corrected chi connectivity index (χ3v) is 2.30. The highest BCUT2D eigenvalue weighted by molar-refractivity contribution is 5.33. The van der Waals surface area contributed by atoms with Crippen molar-refractivity contribution in [3.63, 3.8) is 0 Å². The van der Waals surface area contributed by atoms with E-state index in [9.17, 15) is 0 Å². The van der Waals surface area contributed by atoms with Crippen molar-refractivity contribution in [1.29, 1.82) is 0 Å². The molecular formula is C14H18. The van der Waals surface area contributed by atoms with E-state index in [0.717, 1.165) is 6.42 Å². The maximum atomic E-state index is 3.11. The van der Waals surface area contributed by atoms with Crippen LogP contribution in [0.3, 0.4) is 0 Å². The molecule has 0 aliphatic heterocycles. The summed E-state index contributed by atoms with van der Waals surface area (Å²) in [6.07, 6.45) is 0.873. The molecular weight excluding hydrogens is 168 g/mol. The van der Waals surface area contributed by atoms with Crippen molar-refractivity contribution in [3.05, 3.63) is 34.9 Å². The average molecular weight is 186 g/mol. The van der Waals surface area contributed by atoms with Gasteiger partial charge in [-0.25, -0.2) is 0 Å². The standard InChI is InChI=1S/C14H18/c1-5-6-7-13-8-12(4)9-14(10-13)11(2)3/h8-11H,7H2,1-4H3. The van der Waals surface area contributed by atoms with Crippen LogP contribution in [-0.4, -0.2) is 0 Å². The van der Waals surface area contributed by atoms with Gasteiger partial charge in [-0.3, -0.25) is 0 Å². The Morgan fingerprint density at radius 2 is 1.93 bits per heavy atom. The van der Waals surface area contributed by atoms with Gasteiger partial charge in [0.1, 0.15) is 0 Å². The fourth-order valence-electron chi connectivity index (χ4n) is 1.52. The van der Waals surface area contributed by atoms with Crippen molar-refractivity contribution < 1.29 is 0 Å². The van der Waals surface area contributed by atoms with Crippen molar-refractivity contribution in [2.24, 2.45) is 0 Å². The third-order valence-electron chi connectivity index (χ3n) is 2.30. The first-order valence-electron chi connectivity index (χ1n) is 5.13. The summed E-state index contributed by atoms with van der Waals surface area (Å²) in [5.74, 6) is 6.64. The fourth-order valence-corrected chi connectivity index (χ4v) is 1.52. The quantitative estimate of drug-likeness (QED) is 0.618. The lowest BCUT2D eigenvalue weighted by molar-refractivity contribution is 0.862. The van der Waals surface area contributed by atoms with E-state index in [-0.39, 0.29) is 0 Å². The SMILES string of the molecule is CC#CCc1cc(C)cc(C(C)C)c1. The van der Waals surface area contributed by atoms with E-state index >= 15 is 0 Å². The summed E-state index contributed by atoms with van der Waals surface area (Å²) < 4.78 is 0. The molecule has 0 atom stereocenters. The predicted octanol–water partition coefficient (Wildman–Crippen LogP) is 3.68. The number of rotatable bonds is 2. The van der Waals surface area contributed by atoms with Gasteiger partial charge in [0.15, 0.2) is 0 Å². The maximum absolute atomic E-state index is 3.11. The smallest absolute Gasteiger partial charge is 0.0340 e. The summed E-state index contributed by atoms with van der Waals surface area (Å²) >= 11 is 0. The van der Waals surface area contributed by atoms with Crippen LogP contribution in [0, 0.1) is 18.8 Å². The molecule has 0 unspecified atom stereocenters. The normalized spacial score (nSPS) is 9.79. The number of hydrogen-bond donors (Lipinski definition) is 0. The number of hydrogen-bond acceptors (Lipinski definition) is 0. The van der Waals surface area contributed by atoms with Crippen LogP contribution in [0.2, 0.25) is 0 Å². The minimum atomic E-state index is 0.600. The van der Waals surface area contributed by atoms with Gasteiger partial charge in [-0.15, -0.1) is 5.92 Å². The molecule has 0 heteroatoms. The van der Waals surface area contributed by atoms with Crippen molar-refractivity contribution in [3.8, 4) is 11.8 Å². The third kappa shape index (κ3) is 2.92. The molecule has 0 bridgehead atoms. The average Bonchev–Trinajstić information content (AvgIpc) is 2.14. The molecule has 0 heterocycles. The lowest BCUT2D eigenvalue weighted by atomic mass is 9.97. The first-order chi connectivity index (χ1) is 6.63. The molecule has 0 saturated heterocycles. The van der Waals surface area contributed by atoms with E-state index in [4.69, 9.17) is 0 Å². The van der Waals surface area contributed by atoms with Gasteiger partial charge in [-0.2, -0.15) is 0 Å². The second-order valence-electron chi connectivity index (χ2n) is 4.01. The molecule has 0 amide bonds. The minimum absolute atomic E-state index is 0.600. The lowest BCUT2D eigenvalue weighted by Crippen LogP contribution is -1.92. The molecule has 74 valence electrons. The molecule has 0 aliphatic carbocycles. The van der Waals surface area contributed by atoms with Crippen LogP contribution < -0.4 is 0 Å². The first kappa shape index (κ1) is 10.9. The molecule has 0 aromatic heterocycles. The fraction of sp³-hybridized carbons (Fsp3) is 0.429. The van der Waals surface area contributed by atoms with Crippen molar-refractivity contribution >= 4 is 0 Å². The lowest BCUT2D eigenvalue weighted by Gasteiger charge is -2.08. The van der Waals surface area contributed by atoms with Crippen LogP contribution in [0.4, 0.5) is 0 Å². The van der Waals surface area contributed by atoms with Gasteiger partial charge in [0.05, 0.1) is 0 Å². The van der Waals surface area contributed by atoms with Crippen molar-refractivity contribution in [2.75, 3.05) is 0 Å². The molecule has 0 fully saturated rings. The van der Waals surface area contributed by atoms with E-state index < -0.39 is 0 Å². The molecule has 0 aliphatic rings. The Labute approximate surface area is 87.4 Å². The van der Waals surface area contributed by atoms with Gasteiger partial charge >= 0.3 is 0 Å². The van der Waals surface area contributed by atoms with E-state index in [0.29, 0.717) is 5.92 Å². The van der Waals surface area contributed by atoms with Crippen molar-refractivity contribution in [1.82, 2.24) is 0 Å². The zero-order valence-corrected chi connectivity index (χ0v) is 9.52. The van der Waals surface area contributed by atoms with Gasteiger partial charge in [-0.1, -0.05) is 43.5 Å². The van der Waals surface area contributed by atoms with Crippen LogP contribution in [-0.2, 0) is 6.42 Å². The zero-order valence-electron chi connectivity index (χ0n) is 9.52. The Bertz CT molecular complexity index is 361. The minimum Gasteiger partial charge on any atom is -0.106 e. The van der Waals surface area contributed by atoms with E-state index in [1.807, 2.05) is 6.92 Å². The Morgan fingerprint density at radius 1 is 1.21 bits per heavy atom. The van der Waals surface area contributed by atoms with Gasteiger partial charge in [0.25, 0.3) is 0 Å². The predicted molar refractivity (Wildman–Crippen MR) is 62.4 cm³/mol. The number of benzene rings is 1. The maximum Gasteiger partial charge on any atom is 0.0340 e. The van der Waals surface area contributed by atoms with Gasteiger partial charge in [0, 0.05) is 6.42 Å². The highest BCUT2D eigenvalue weighted by Crippen LogP contribution is 2.18. The highest BCUT2D eigenvalue weighted by atomic mass is 14.1.